The predicted molar refractivity (Wildman–Crippen MR) is 77.4 cm³/mol. The van der Waals surface area contributed by atoms with Crippen LogP contribution in [0, 0.1) is 0 Å². The molecule has 0 saturated carbocycles. The molecule has 6 heteroatoms. The van der Waals surface area contributed by atoms with Gasteiger partial charge in [0.25, 0.3) is 0 Å². The average Bonchev–Trinajstić information content (AvgIpc) is 2.41. The minimum Gasteiger partial charge on any atom is -0.744 e. The van der Waals surface area contributed by atoms with Crippen LogP contribution in [0.25, 0.3) is 0 Å². The molecule has 1 aromatic rings. The van der Waals surface area contributed by atoms with Crippen LogP contribution in [0.4, 0.5) is 0 Å². The molecule has 0 aliphatic heterocycles. The Morgan fingerprint density at radius 1 is 1.10 bits per heavy atom. The van der Waals surface area contributed by atoms with Gasteiger partial charge in [-0.1, -0.05) is 63.6 Å². The van der Waals surface area contributed by atoms with Gasteiger partial charge in [-0.2, -0.15) is 0 Å². The van der Waals surface area contributed by atoms with Gasteiger partial charge in [0, 0.05) is 0 Å². The molecular formula is C15H23CuO4S. The van der Waals surface area contributed by atoms with Crippen LogP contribution < -0.4 is 0 Å². The Hall–Kier alpha value is -0.391. The summed E-state index contributed by atoms with van der Waals surface area (Å²) in [5.74, 6) is 0. The molecule has 1 aromatic carbocycles. The first-order valence-electron chi connectivity index (χ1n) is 7.19. The van der Waals surface area contributed by atoms with Crippen LogP contribution in [-0.4, -0.2) is 18.1 Å². The Kier molecular flexibility index (Phi) is 10.2. The van der Waals surface area contributed by atoms with E-state index in [9.17, 15) is 18.1 Å². The third-order valence-corrected chi connectivity index (χ3v) is 4.29. The zero-order valence-corrected chi connectivity index (χ0v) is 14.0. The van der Waals surface area contributed by atoms with Gasteiger partial charge < -0.3 is 9.66 Å². The fourth-order valence-electron chi connectivity index (χ4n) is 2.26. The smallest absolute Gasteiger partial charge is 0.744 e. The SMILES string of the molecule is CCCCCCCCC(O)c1ccccc1S(=O)(=O)[O-].[Cu+]. The third-order valence-electron chi connectivity index (χ3n) is 3.38. The maximum absolute atomic E-state index is 11.1. The molecule has 0 aromatic heterocycles. The second kappa shape index (κ2) is 10.4. The Bertz CT molecular complexity index is 502. The molecule has 21 heavy (non-hydrogen) atoms. The van der Waals surface area contributed by atoms with Crippen LogP contribution >= 0.6 is 0 Å². The number of unbranched alkanes of at least 4 members (excludes halogenated alkanes) is 5. The summed E-state index contributed by atoms with van der Waals surface area (Å²) in [5, 5.41) is 10.1. The van der Waals surface area contributed by atoms with Crippen molar-refractivity contribution in [1.29, 1.82) is 0 Å². The number of hydrogen-bond donors (Lipinski definition) is 1. The molecule has 0 amide bonds. The van der Waals surface area contributed by atoms with Gasteiger partial charge in [0.1, 0.15) is 10.1 Å². The summed E-state index contributed by atoms with van der Waals surface area (Å²) >= 11 is 0. The summed E-state index contributed by atoms with van der Waals surface area (Å²) in [4.78, 5) is -0.307. The molecule has 124 valence electrons. The molecule has 0 aliphatic carbocycles. The number of hydrogen-bond acceptors (Lipinski definition) is 4. The minimum absolute atomic E-state index is 0. The number of aliphatic hydroxyl groups is 1. The van der Waals surface area contributed by atoms with E-state index in [0.29, 0.717) is 6.42 Å². The van der Waals surface area contributed by atoms with Crippen LogP contribution in [0.3, 0.4) is 0 Å². The molecule has 1 N–H and O–H groups in total. The van der Waals surface area contributed by atoms with E-state index in [1.165, 1.54) is 37.5 Å². The summed E-state index contributed by atoms with van der Waals surface area (Å²) in [6.07, 6.45) is 6.18. The van der Waals surface area contributed by atoms with E-state index in [2.05, 4.69) is 6.92 Å². The molecule has 4 nitrogen and oxygen atoms in total. The molecule has 1 rings (SSSR count). The predicted octanol–water partition coefficient (Wildman–Crippen LogP) is 3.37. The zero-order valence-electron chi connectivity index (χ0n) is 12.2. The van der Waals surface area contributed by atoms with E-state index in [1.54, 1.807) is 6.07 Å². The van der Waals surface area contributed by atoms with E-state index in [1.807, 2.05) is 0 Å². The van der Waals surface area contributed by atoms with E-state index in [0.717, 1.165) is 19.3 Å². The van der Waals surface area contributed by atoms with Gasteiger partial charge in [-0.05, 0) is 18.1 Å². The third kappa shape index (κ3) is 7.43. The first kappa shape index (κ1) is 20.6. The van der Waals surface area contributed by atoms with Gasteiger partial charge in [0.05, 0.1) is 11.0 Å². The van der Waals surface area contributed by atoms with Crippen molar-refractivity contribution in [3.63, 3.8) is 0 Å². The Morgan fingerprint density at radius 2 is 1.67 bits per heavy atom. The Labute approximate surface area is 138 Å². The van der Waals surface area contributed by atoms with E-state index < -0.39 is 16.2 Å². The van der Waals surface area contributed by atoms with Crippen molar-refractivity contribution in [2.24, 2.45) is 0 Å². The number of aliphatic hydroxyl groups excluding tert-OH is 1. The van der Waals surface area contributed by atoms with Crippen molar-refractivity contribution < 1.29 is 35.1 Å². The second-order valence-electron chi connectivity index (χ2n) is 5.06. The first-order chi connectivity index (χ1) is 9.46. The van der Waals surface area contributed by atoms with Gasteiger partial charge in [-0.3, -0.25) is 0 Å². The quantitative estimate of drug-likeness (QED) is 0.415. The van der Waals surface area contributed by atoms with Crippen LogP contribution in [-0.2, 0) is 27.2 Å². The number of benzene rings is 1. The second-order valence-corrected chi connectivity index (χ2v) is 6.41. The van der Waals surface area contributed by atoms with E-state index >= 15 is 0 Å². The van der Waals surface area contributed by atoms with Crippen molar-refractivity contribution >= 4 is 10.1 Å². The molecule has 1 unspecified atom stereocenters. The Balaban J connectivity index is 0.00000400. The summed E-state index contributed by atoms with van der Waals surface area (Å²) in [6, 6.07) is 5.88. The normalized spacial score (nSPS) is 12.7. The molecular weight excluding hydrogens is 340 g/mol. The van der Waals surface area contributed by atoms with E-state index in [4.69, 9.17) is 0 Å². The van der Waals surface area contributed by atoms with Gasteiger partial charge >= 0.3 is 17.1 Å². The molecule has 0 spiro atoms. The van der Waals surface area contributed by atoms with Crippen molar-refractivity contribution in [1.82, 2.24) is 0 Å². The molecule has 1 atom stereocenters. The monoisotopic (exact) mass is 362 g/mol. The summed E-state index contributed by atoms with van der Waals surface area (Å²) in [7, 11) is -4.53. The summed E-state index contributed by atoms with van der Waals surface area (Å²) in [5.41, 5.74) is 0.219. The molecule has 0 aliphatic rings. The van der Waals surface area contributed by atoms with Crippen molar-refractivity contribution in [3.8, 4) is 0 Å². The summed E-state index contributed by atoms with van der Waals surface area (Å²) < 4.78 is 33.4. The Morgan fingerprint density at radius 3 is 2.29 bits per heavy atom. The van der Waals surface area contributed by atoms with Crippen LogP contribution in [0.1, 0.15) is 63.5 Å². The fraction of sp³-hybridized carbons (Fsp3) is 0.600. The zero-order chi connectivity index (χ0) is 15.0. The molecule has 0 heterocycles. The molecule has 0 saturated heterocycles. The maximum Gasteiger partial charge on any atom is 1.00 e. The molecule has 0 bridgehead atoms. The van der Waals surface area contributed by atoms with Gasteiger partial charge in [0.2, 0.25) is 0 Å². The largest absolute Gasteiger partial charge is 1.00 e. The van der Waals surface area contributed by atoms with Crippen LogP contribution in [0.2, 0.25) is 0 Å². The molecule has 0 radical (unpaired) electrons. The van der Waals surface area contributed by atoms with Gasteiger partial charge in [-0.15, -0.1) is 0 Å². The minimum atomic E-state index is -4.53. The van der Waals surface area contributed by atoms with Crippen molar-refractivity contribution in [2.75, 3.05) is 0 Å². The standard InChI is InChI=1S/C15H24O4S.Cu/c1-2-3-4-5-6-7-11-14(16)13-10-8-9-12-15(13)20(17,18)19;/h8-10,12,14,16H,2-7,11H2,1H3,(H,17,18,19);/q;+1/p-1. The van der Waals surface area contributed by atoms with Crippen molar-refractivity contribution in [2.45, 2.75) is 62.9 Å². The maximum atomic E-state index is 11.1. The van der Waals surface area contributed by atoms with E-state index in [-0.39, 0.29) is 27.5 Å². The fourth-order valence-corrected chi connectivity index (χ4v) is 2.99. The summed E-state index contributed by atoms with van der Waals surface area (Å²) in [6.45, 7) is 2.16. The number of rotatable bonds is 9. The first-order valence-corrected chi connectivity index (χ1v) is 8.60. The van der Waals surface area contributed by atoms with Crippen molar-refractivity contribution in [3.05, 3.63) is 29.8 Å². The van der Waals surface area contributed by atoms with Gasteiger partial charge in [-0.25, -0.2) is 8.42 Å². The van der Waals surface area contributed by atoms with Crippen LogP contribution in [0.5, 0.6) is 0 Å². The van der Waals surface area contributed by atoms with Crippen LogP contribution in [0.15, 0.2) is 29.2 Å². The molecule has 0 fully saturated rings. The average molecular weight is 363 g/mol. The topological polar surface area (TPSA) is 77.4 Å². The van der Waals surface area contributed by atoms with Gasteiger partial charge in [0.15, 0.2) is 0 Å².